The quantitative estimate of drug-likeness (QED) is 0.726. The van der Waals surface area contributed by atoms with Crippen LogP contribution in [0, 0.1) is 0 Å². The molecule has 1 saturated carbocycles. The monoisotopic (exact) mass is 403 g/mol. The van der Waals surface area contributed by atoms with Gasteiger partial charge in [0.1, 0.15) is 22.7 Å². The van der Waals surface area contributed by atoms with Gasteiger partial charge in [-0.05, 0) is 56.3 Å². The summed E-state index contributed by atoms with van der Waals surface area (Å²) in [5.74, 6) is 0.169. The third-order valence-corrected chi connectivity index (χ3v) is 6.35. The largest absolute Gasteiger partial charge is 0.368 e. The lowest BCUT2D eigenvalue weighted by Gasteiger charge is -2.25. The number of carbonyl (C=O) groups excluding carboxylic acids is 1. The lowest BCUT2D eigenvalue weighted by atomic mass is 10.1. The number of hydrogen-bond donors (Lipinski definition) is 1. The number of rotatable bonds is 4. The van der Waals surface area contributed by atoms with Crippen molar-refractivity contribution < 1.29 is 6.22 Å². The number of piperidine rings is 1. The van der Waals surface area contributed by atoms with Crippen LogP contribution in [0.3, 0.4) is 0 Å². The van der Waals surface area contributed by atoms with Gasteiger partial charge in [0.05, 0.1) is 0 Å². The number of fused-ring (bicyclic) bond motifs is 3. The van der Waals surface area contributed by atoms with Gasteiger partial charge in [0, 0.05) is 19.3 Å². The van der Waals surface area contributed by atoms with Crippen molar-refractivity contribution >= 4 is 33.0 Å². The Labute approximate surface area is 169 Å². The first-order valence-electron chi connectivity index (χ1n) is 10.1. The summed E-state index contributed by atoms with van der Waals surface area (Å²) in [6.45, 7) is 4.55. The molecule has 2 aliphatic rings. The number of aromatic nitrogens is 3. The molecule has 1 aliphatic carbocycles. The van der Waals surface area contributed by atoms with Gasteiger partial charge >= 0.3 is 0 Å². The molecule has 152 valence electrons. The molecule has 0 bridgehead atoms. The zero-order valence-electron chi connectivity index (χ0n) is 16.3. The maximum Gasteiger partial charge on any atom is 0.291 e. The first-order valence-corrected chi connectivity index (χ1v) is 11.0. The fraction of sp³-hybridized carbons (Fsp3) is 0.550. The van der Waals surface area contributed by atoms with E-state index in [9.17, 15) is 9.59 Å². The summed E-state index contributed by atoms with van der Waals surface area (Å²) in [5, 5.41) is 7.22. The van der Waals surface area contributed by atoms with E-state index in [4.69, 9.17) is 5.73 Å². The number of nitrogens with two attached hydrogens (primary N) is 1. The van der Waals surface area contributed by atoms with Crippen molar-refractivity contribution in [1.29, 1.82) is 0 Å². The summed E-state index contributed by atoms with van der Waals surface area (Å²) >= 11 is 1.56. The van der Waals surface area contributed by atoms with Gasteiger partial charge in [-0.15, -0.1) is 11.3 Å². The number of hydrogen-bond acceptors (Lipinski definition) is 5. The van der Waals surface area contributed by atoms with Crippen LogP contribution in [-0.4, -0.2) is 44.1 Å². The highest BCUT2D eigenvalue weighted by molar-refractivity contribution is 7.16. The van der Waals surface area contributed by atoms with Crippen molar-refractivity contribution in [2.24, 2.45) is 5.73 Å². The number of aryl methyl sites for hydroxylation is 1. The first kappa shape index (κ1) is 19.1. The second-order valence-corrected chi connectivity index (χ2v) is 8.47. The van der Waals surface area contributed by atoms with E-state index in [0.29, 0.717) is 11.9 Å². The third-order valence-electron chi connectivity index (χ3n) is 5.43. The van der Waals surface area contributed by atoms with E-state index in [1.54, 1.807) is 11.3 Å². The van der Waals surface area contributed by atoms with Gasteiger partial charge in [-0.2, -0.15) is 5.10 Å². The van der Waals surface area contributed by atoms with E-state index in [0.717, 1.165) is 26.8 Å². The molecule has 28 heavy (non-hydrogen) atoms. The van der Waals surface area contributed by atoms with Crippen LogP contribution in [-0.2, 0) is 17.8 Å². The zero-order chi connectivity index (χ0) is 19.7. The number of likely N-dealkylation sites (tertiary alicyclic amines) is 1. The maximum atomic E-state index is 12.3. The molecule has 4 heterocycles. The lowest BCUT2D eigenvalue weighted by molar-refractivity contribution is -0.118. The summed E-state index contributed by atoms with van der Waals surface area (Å²) in [7, 11) is 0. The van der Waals surface area contributed by atoms with Crippen molar-refractivity contribution in [2.75, 3.05) is 13.1 Å². The first-order chi connectivity index (χ1) is 13.6. The van der Waals surface area contributed by atoms with E-state index in [1.165, 1.54) is 45.2 Å². The second-order valence-electron chi connectivity index (χ2n) is 7.57. The Bertz CT molecular complexity index is 1050. The molecule has 1 amide bonds. The molecular weight excluding hydrogens is 374 g/mol. The van der Waals surface area contributed by atoms with Crippen LogP contribution in [0.1, 0.15) is 46.3 Å². The molecule has 0 aromatic carbocycles. The number of carbonyl (C=O) groups is 1. The Balaban J connectivity index is 0.000000201. The summed E-state index contributed by atoms with van der Waals surface area (Å²) in [6.07, 6.45) is 8.02. The van der Waals surface area contributed by atoms with E-state index in [2.05, 4.69) is 10.00 Å². The van der Waals surface area contributed by atoms with E-state index in [-0.39, 0.29) is 13.5 Å². The van der Waals surface area contributed by atoms with Crippen molar-refractivity contribution in [3.05, 3.63) is 33.7 Å². The van der Waals surface area contributed by atoms with Crippen LogP contribution in [0.5, 0.6) is 0 Å². The standard InChI is InChI=1S/C12H12N4O2S.C8H15N.H2/c1-2-10-14-15(6-9(13)17)11(18)8-5-7-3-4-19-12(7)16(8)10;1-2-6-9(7-3-1)8-4-5-8;/h3-5H,2,6H2,1H3,(H2,13,17);8H,1-7H2;1H. The predicted molar refractivity (Wildman–Crippen MR) is 114 cm³/mol. The predicted octanol–water partition coefficient (Wildman–Crippen LogP) is 2.64. The van der Waals surface area contributed by atoms with E-state index >= 15 is 0 Å². The van der Waals surface area contributed by atoms with Crippen LogP contribution in [0.15, 0.2) is 22.3 Å². The molecule has 3 aromatic heterocycles. The van der Waals surface area contributed by atoms with Crippen molar-refractivity contribution in [2.45, 2.75) is 58.0 Å². The highest BCUT2D eigenvalue weighted by Gasteiger charge is 2.29. The zero-order valence-corrected chi connectivity index (χ0v) is 17.1. The minimum Gasteiger partial charge on any atom is -0.368 e. The highest BCUT2D eigenvalue weighted by Crippen LogP contribution is 2.29. The van der Waals surface area contributed by atoms with E-state index < -0.39 is 5.91 Å². The van der Waals surface area contributed by atoms with Crippen molar-refractivity contribution in [1.82, 2.24) is 19.1 Å². The SMILES string of the molecule is C1CCN(C2CC2)CC1.CCc1nn(CC(N)=O)c(=O)c2cc3ccsc3n12.[HH]. The smallest absolute Gasteiger partial charge is 0.291 e. The normalized spacial score (nSPS) is 17.6. The molecule has 7 nitrogen and oxygen atoms in total. The number of amides is 1. The molecule has 0 atom stereocenters. The van der Waals surface area contributed by atoms with Gasteiger partial charge in [-0.25, -0.2) is 4.68 Å². The average Bonchev–Trinajstić information content (AvgIpc) is 3.34. The molecule has 0 unspecified atom stereocenters. The Hall–Kier alpha value is -2.19. The van der Waals surface area contributed by atoms with Crippen LogP contribution < -0.4 is 11.3 Å². The van der Waals surface area contributed by atoms with Gasteiger partial charge < -0.3 is 10.6 Å². The Morgan fingerprint density at radius 2 is 2.07 bits per heavy atom. The minimum absolute atomic E-state index is 0. The molecule has 0 spiro atoms. The molecule has 1 saturated heterocycles. The molecule has 8 heteroatoms. The molecule has 3 aromatic rings. The fourth-order valence-corrected chi connectivity index (χ4v) is 4.82. The Morgan fingerprint density at radius 1 is 1.32 bits per heavy atom. The molecule has 2 fully saturated rings. The molecule has 0 radical (unpaired) electrons. The van der Waals surface area contributed by atoms with Gasteiger partial charge in [0.2, 0.25) is 5.91 Å². The Kier molecular flexibility index (Phi) is 5.50. The van der Waals surface area contributed by atoms with Crippen LogP contribution in [0.25, 0.3) is 15.7 Å². The molecule has 1 aliphatic heterocycles. The van der Waals surface area contributed by atoms with Crippen molar-refractivity contribution in [3.8, 4) is 0 Å². The lowest BCUT2D eigenvalue weighted by Crippen LogP contribution is -2.32. The summed E-state index contributed by atoms with van der Waals surface area (Å²) < 4.78 is 3.00. The molecule has 2 N–H and O–H groups in total. The number of thiophene rings is 1. The topological polar surface area (TPSA) is 85.6 Å². The maximum absolute atomic E-state index is 12.3. The third kappa shape index (κ3) is 3.84. The van der Waals surface area contributed by atoms with Gasteiger partial charge in [-0.1, -0.05) is 13.3 Å². The summed E-state index contributed by atoms with van der Waals surface area (Å²) in [4.78, 5) is 26.9. The molecule has 5 rings (SSSR count). The summed E-state index contributed by atoms with van der Waals surface area (Å²) in [5.41, 5.74) is 5.39. The van der Waals surface area contributed by atoms with Crippen LogP contribution >= 0.6 is 11.3 Å². The second kappa shape index (κ2) is 8.05. The highest BCUT2D eigenvalue weighted by atomic mass is 32.1. The molecular formula is C20H29N5O2S. The van der Waals surface area contributed by atoms with Gasteiger partial charge in [-0.3, -0.25) is 14.0 Å². The fourth-order valence-electron chi connectivity index (χ4n) is 3.91. The van der Waals surface area contributed by atoms with Crippen molar-refractivity contribution in [3.63, 3.8) is 0 Å². The Morgan fingerprint density at radius 3 is 2.71 bits per heavy atom. The average molecular weight is 404 g/mol. The van der Waals surface area contributed by atoms with Gasteiger partial charge in [0.15, 0.2) is 0 Å². The summed E-state index contributed by atoms with van der Waals surface area (Å²) in [6, 6.07) is 4.81. The minimum atomic E-state index is -0.575. The van der Waals surface area contributed by atoms with E-state index in [1.807, 2.05) is 28.8 Å². The van der Waals surface area contributed by atoms with Crippen LogP contribution in [0.2, 0.25) is 0 Å². The van der Waals surface area contributed by atoms with Gasteiger partial charge in [0.25, 0.3) is 5.56 Å². The number of primary amides is 1. The van der Waals surface area contributed by atoms with Crippen LogP contribution in [0.4, 0.5) is 0 Å². The number of nitrogens with zero attached hydrogens (tertiary/aromatic N) is 4.